The van der Waals surface area contributed by atoms with E-state index in [0.717, 1.165) is 44.1 Å². The molecule has 31 heavy (non-hydrogen) atoms. The van der Waals surface area contributed by atoms with Crippen LogP contribution in [0.3, 0.4) is 0 Å². The van der Waals surface area contributed by atoms with Crippen molar-refractivity contribution in [2.75, 3.05) is 0 Å². The first-order valence-corrected chi connectivity index (χ1v) is 10.1. The van der Waals surface area contributed by atoms with E-state index >= 15 is 0 Å². The number of H-pyrrole nitrogens is 1. The van der Waals surface area contributed by atoms with Crippen molar-refractivity contribution < 1.29 is 0 Å². The average Bonchev–Trinajstić information content (AvgIpc) is 2.85. The fraction of sp³-hybridized carbons (Fsp3) is 0. The molecule has 0 unspecified atom stereocenters. The minimum absolute atomic E-state index is 0.0972. The van der Waals surface area contributed by atoms with Gasteiger partial charge in [0.15, 0.2) is 11.3 Å². The van der Waals surface area contributed by atoms with Crippen molar-refractivity contribution >= 4 is 32.7 Å². The Hall–Kier alpha value is -4.31. The molecule has 6 aromatic rings. The summed E-state index contributed by atoms with van der Waals surface area (Å²) >= 11 is 0. The van der Waals surface area contributed by atoms with Crippen LogP contribution in [0.4, 0.5) is 0 Å². The molecule has 2 aromatic heterocycles. The Morgan fingerprint density at radius 1 is 0.613 bits per heavy atom. The van der Waals surface area contributed by atoms with E-state index in [1.165, 1.54) is 0 Å². The van der Waals surface area contributed by atoms with Crippen molar-refractivity contribution in [1.29, 1.82) is 0 Å². The van der Waals surface area contributed by atoms with E-state index in [2.05, 4.69) is 15.0 Å². The molecule has 0 radical (unpaired) electrons. The highest BCUT2D eigenvalue weighted by Crippen LogP contribution is 2.17. The van der Waals surface area contributed by atoms with Crippen LogP contribution in [0.15, 0.2) is 114 Å². The summed E-state index contributed by atoms with van der Waals surface area (Å²) in [5.74, 6) is 0.777. The monoisotopic (exact) mass is 401 g/mol. The lowest BCUT2D eigenvalue weighted by molar-refractivity contribution is 1.23. The number of aromatic amines is 1. The maximum atomic E-state index is 12.1. The van der Waals surface area contributed by atoms with Gasteiger partial charge in [0, 0.05) is 39.0 Å². The summed E-state index contributed by atoms with van der Waals surface area (Å²) in [6, 6.07) is 33.2. The predicted octanol–water partition coefficient (Wildman–Crippen LogP) is 5.98. The highest BCUT2D eigenvalue weighted by molar-refractivity contribution is 5.92. The Morgan fingerprint density at radius 2 is 1.19 bits per heavy atom. The maximum Gasteiger partial charge on any atom is 0.197 e. The molecule has 4 aromatic carbocycles. The van der Waals surface area contributed by atoms with Gasteiger partial charge in [0.1, 0.15) is 0 Å². The van der Waals surface area contributed by atoms with Gasteiger partial charge in [-0.15, -0.1) is 0 Å². The van der Waals surface area contributed by atoms with Gasteiger partial charge < -0.3 is 4.98 Å². The van der Waals surface area contributed by atoms with E-state index in [-0.39, 0.29) is 5.43 Å². The summed E-state index contributed by atoms with van der Waals surface area (Å²) in [4.78, 5) is 24.2. The molecular formula is C27H19N3O. The molecule has 0 saturated heterocycles. The second kappa shape index (κ2) is 8.20. The zero-order valence-electron chi connectivity index (χ0n) is 16.7. The molecule has 0 aliphatic carbocycles. The van der Waals surface area contributed by atoms with Crippen LogP contribution in [0.1, 0.15) is 0 Å². The topological polar surface area (TPSA) is 58.6 Å². The number of nitrogens with one attached hydrogen (secondary N) is 1. The molecule has 0 saturated carbocycles. The SMILES string of the molecule is O=c1c2ccccc2[nH]c2ccccc12.c1ccc(-c2ncc3ccccc3n2)cc1. The average molecular weight is 401 g/mol. The third-order valence-corrected chi connectivity index (χ3v) is 5.13. The molecular weight excluding hydrogens is 382 g/mol. The lowest BCUT2D eigenvalue weighted by atomic mass is 10.1. The molecule has 0 aliphatic rings. The summed E-state index contributed by atoms with van der Waals surface area (Å²) in [7, 11) is 0. The number of hydrogen-bond donors (Lipinski definition) is 1. The molecule has 4 nitrogen and oxygen atoms in total. The van der Waals surface area contributed by atoms with Crippen molar-refractivity contribution in [3.05, 3.63) is 120 Å². The van der Waals surface area contributed by atoms with Crippen molar-refractivity contribution in [2.24, 2.45) is 0 Å². The smallest absolute Gasteiger partial charge is 0.197 e. The molecule has 0 atom stereocenters. The first kappa shape index (κ1) is 18.7. The van der Waals surface area contributed by atoms with Gasteiger partial charge >= 0.3 is 0 Å². The van der Waals surface area contributed by atoms with Crippen LogP contribution in [-0.4, -0.2) is 15.0 Å². The Kier molecular flexibility index (Phi) is 4.95. The highest BCUT2D eigenvalue weighted by Gasteiger charge is 2.03. The fourth-order valence-electron chi connectivity index (χ4n) is 3.57. The highest BCUT2D eigenvalue weighted by atomic mass is 16.1. The van der Waals surface area contributed by atoms with Crippen LogP contribution >= 0.6 is 0 Å². The van der Waals surface area contributed by atoms with Gasteiger partial charge in [-0.2, -0.15) is 0 Å². The number of fused-ring (bicyclic) bond motifs is 3. The van der Waals surface area contributed by atoms with Crippen LogP contribution in [0.2, 0.25) is 0 Å². The molecule has 0 aliphatic heterocycles. The maximum absolute atomic E-state index is 12.1. The zero-order chi connectivity index (χ0) is 21.0. The van der Waals surface area contributed by atoms with E-state index in [1.54, 1.807) is 0 Å². The minimum atomic E-state index is 0.0972. The van der Waals surface area contributed by atoms with Crippen LogP contribution in [0.25, 0.3) is 44.1 Å². The Morgan fingerprint density at radius 3 is 1.90 bits per heavy atom. The lowest BCUT2D eigenvalue weighted by Crippen LogP contribution is -2.03. The second-order valence-electron chi connectivity index (χ2n) is 7.16. The minimum Gasteiger partial charge on any atom is -0.354 e. The summed E-state index contributed by atoms with van der Waals surface area (Å²) in [6.45, 7) is 0. The van der Waals surface area contributed by atoms with Crippen molar-refractivity contribution in [3.8, 4) is 11.4 Å². The van der Waals surface area contributed by atoms with E-state index in [1.807, 2.05) is 109 Å². The number of hydrogen-bond acceptors (Lipinski definition) is 3. The number of benzene rings is 4. The second-order valence-corrected chi connectivity index (χ2v) is 7.16. The molecule has 148 valence electrons. The van der Waals surface area contributed by atoms with Gasteiger partial charge in [0.25, 0.3) is 0 Å². The summed E-state index contributed by atoms with van der Waals surface area (Å²) in [5.41, 5.74) is 3.91. The number of pyridine rings is 1. The van der Waals surface area contributed by atoms with Gasteiger partial charge in [-0.05, 0) is 30.3 Å². The molecule has 0 bridgehead atoms. The van der Waals surface area contributed by atoms with Crippen LogP contribution in [-0.2, 0) is 0 Å². The molecule has 0 fully saturated rings. The Bertz CT molecular complexity index is 1500. The predicted molar refractivity (Wildman–Crippen MR) is 127 cm³/mol. The van der Waals surface area contributed by atoms with Gasteiger partial charge in [0.05, 0.1) is 5.52 Å². The fourth-order valence-corrected chi connectivity index (χ4v) is 3.57. The number of nitrogens with zero attached hydrogens (tertiary/aromatic N) is 2. The normalized spacial score (nSPS) is 10.7. The third-order valence-electron chi connectivity index (χ3n) is 5.13. The lowest BCUT2D eigenvalue weighted by Gasteiger charge is -2.01. The van der Waals surface area contributed by atoms with E-state index in [9.17, 15) is 4.79 Å². The Labute approximate surface area is 178 Å². The van der Waals surface area contributed by atoms with Gasteiger partial charge in [-0.25, -0.2) is 9.97 Å². The summed E-state index contributed by atoms with van der Waals surface area (Å²) in [6.07, 6.45) is 1.87. The number of rotatable bonds is 1. The van der Waals surface area contributed by atoms with E-state index < -0.39 is 0 Å². The van der Waals surface area contributed by atoms with E-state index in [4.69, 9.17) is 0 Å². The summed E-state index contributed by atoms with van der Waals surface area (Å²) in [5, 5.41) is 2.56. The van der Waals surface area contributed by atoms with Crippen molar-refractivity contribution in [1.82, 2.24) is 15.0 Å². The summed E-state index contributed by atoms with van der Waals surface area (Å²) < 4.78 is 0. The molecule has 4 heteroatoms. The van der Waals surface area contributed by atoms with Crippen molar-refractivity contribution in [2.45, 2.75) is 0 Å². The first-order valence-electron chi connectivity index (χ1n) is 10.1. The molecule has 6 rings (SSSR count). The standard InChI is InChI=1S/C14H10N2.C13H9NO/c1-2-6-11(7-3-1)14-15-10-12-8-4-5-9-13(12)16-14;15-13-9-5-1-3-7-11(9)14-12-8-4-2-6-10(12)13/h1-10H;1-8H,(H,14,15). The van der Waals surface area contributed by atoms with Crippen LogP contribution in [0.5, 0.6) is 0 Å². The third kappa shape index (κ3) is 3.79. The molecule has 0 spiro atoms. The quantitative estimate of drug-likeness (QED) is 0.345. The van der Waals surface area contributed by atoms with Crippen LogP contribution < -0.4 is 5.43 Å². The van der Waals surface area contributed by atoms with Crippen LogP contribution in [0, 0.1) is 0 Å². The Balaban J connectivity index is 0.000000132. The van der Waals surface area contributed by atoms with E-state index in [0.29, 0.717) is 0 Å². The molecule has 0 amide bonds. The number of aromatic nitrogens is 3. The van der Waals surface area contributed by atoms with Gasteiger partial charge in [-0.3, -0.25) is 4.79 Å². The zero-order valence-corrected chi connectivity index (χ0v) is 16.7. The van der Waals surface area contributed by atoms with Gasteiger partial charge in [-0.1, -0.05) is 72.8 Å². The number of para-hydroxylation sites is 3. The molecule has 2 heterocycles. The first-order chi connectivity index (χ1) is 15.3. The molecule has 1 N–H and O–H groups in total. The van der Waals surface area contributed by atoms with Gasteiger partial charge in [0.2, 0.25) is 0 Å². The largest absolute Gasteiger partial charge is 0.354 e. The van der Waals surface area contributed by atoms with Crippen molar-refractivity contribution in [3.63, 3.8) is 0 Å².